The number of fused-ring (bicyclic) bond motifs is 3. The number of hydrogen-bond acceptors (Lipinski definition) is 6. The number of benzene rings is 1. The number of aromatic nitrogens is 3. The first kappa shape index (κ1) is 24.8. The molecule has 1 saturated carbocycles. The summed E-state index contributed by atoms with van der Waals surface area (Å²) in [6, 6.07) is 5.45. The van der Waals surface area contributed by atoms with Crippen LogP contribution >= 0.6 is 0 Å². The van der Waals surface area contributed by atoms with Crippen molar-refractivity contribution in [1.29, 1.82) is 0 Å². The number of carbonyl (C=O) groups excluding carboxylic acids is 2. The van der Waals surface area contributed by atoms with Crippen molar-refractivity contribution in [3.63, 3.8) is 0 Å². The molecule has 2 fully saturated rings. The number of nitrogens with one attached hydrogen (secondary N) is 1. The van der Waals surface area contributed by atoms with E-state index in [2.05, 4.69) is 20.3 Å². The van der Waals surface area contributed by atoms with Crippen LogP contribution in [-0.4, -0.2) is 67.8 Å². The van der Waals surface area contributed by atoms with Gasteiger partial charge in [-0.2, -0.15) is 5.10 Å². The fourth-order valence-electron chi connectivity index (χ4n) is 6.16. The Kier molecular flexibility index (Phi) is 6.09. The Balaban J connectivity index is 1.33. The van der Waals surface area contributed by atoms with Gasteiger partial charge < -0.3 is 20.2 Å². The number of rotatable bonds is 6. The predicted octanol–water partition coefficient (Wildman–Crippen LogP) is 3.67. The van der Waals surface area contributed by atoms with Crippen LogP contribution in [0.3, 0.4) is 0 Å². The highest BCUT2D eigenvalue weighted by Crippen LogP contribution is 2.42. The van der Waals surface area contributed by atoms with E-state index in [1.54, 1.807) is 23.0 Å². The number of amides is 2. The van der Waals surface area contributed by atoms with Crippen molar-refractivity contribution in [2.45, 2.75) is 57.8 Å². The third-order valence-electron chi connectivity index (χ3n) is 8.40. The molecule has 10 heteroatoms. The minimum absolute atomic E-state index is 0.199. The molecule has 2 aromatic heterocycles. The molecule has 3 aromatic rings. The quantitative estimate of drug-likeness (QED) is 0.514. The van der Waals surface area contributed by atoms with E-state index in [-0.39, 0.29) is 24.9 Å². The Bertz CT molecular complexity index is 1400. The molecule has 1 aromatic carbocycles. The molecule has 200 valence electrons. The van der Waals surface area contributed by atoms with E-state index < -0.39 is 11.8 Å². The summed E-state index contributed by atoms with van der Waals surface area (Å²) in [5, 5.41) is 17.4. The number of anilines is 2. The van der Waals surface area contributed by atoms with Gasteiger partial charge in [0.05, 0.1) is 29.7 Å². The van der Waals surface area contributed by atoms with Crippen molar-refractivity contribution in [2.75, 3.05) is 29.9 Å². The number of alkyl halides is 1. The minimum Gasteiger partial charge on any atom is -0.387 e. The maximum Gasteiger partial charge on any atom is 0.261 e. The lowest BCUT2D eigenvalue weighted by molar-refractivity contribution is -0.0159. The third kappa shape index (κ3) is 4.40. The molecule has 6 rings (SSSR count). The zero-order valence-electron chi connectivity index (χ0n) is 21.7. The molecule has 2 amide bonds. The zero-order chi connectivity index (χ0) is 26.6. The second-order valence-corrected chi connectivity index (χ2v) is 11.4. The monoisotopic (exact) mass is 520 g/mol. The van der Waals surface area contributed by atoms with E-state index in [9.17, 15) is 19.1 Å². The van der Waals surface area contributed by atoms with Crippen molar-refractivity contribution in [3.8, 4) is 0 Å². The molecule has 2 aliphatic heterocycles. The summed E-state index contributed by atoms with van der Waals surface area (Å²) in [5.41, 5.74) is 1.94. The largest absolute Gasteiger partial charge is 0.387 e. The lowest BCUT2D eigenvalue weighted by atomic mass is 9.88. The van der Waals surface area contributed by atoms with Gasteiger partial charge in [-0.1, -0.05) is 12.8 Å². The Hall–Kier alpha value is -3.53. The zero-order valence-corrected chi connectivity index (χ0v) is 21.7. The molecule has 3 atom stereocenters. The number of hydrogen-bond donors (Lipinski definition) is 2. The van der Waals surface area contributed by atoms with Crippen LogP contribution in [0.5, 0.6) is 0 Å². The average Bonchev–Trinajstić information content (AvgIpc) is 3.60. The summed E-state index contributed by atoms with van der Waals surface area (Å²) in [4.78, 5) is 34.7. The Labute approximate surface area is 220 Å². The molecule has 2 N–H and O–H groups in total. The van der Waals surface area contributed by atoms with E-state index in [4.69, 9.17) is 0 Å². The van der Waals surface area contributed by atoms with E-state index in [1.807, 2.05) is 12.1 Å². The van der Waals surface area contributed by atoms with Crippen LogP contribution in [0.2, 0.25) is 0 Å². The van der Waals surface area contributed by atoms with Crippen LogP contribution in [0, 0.1) is 11.8 Å². The van der Waals surface area contributed by atoms with Crippen LogP contribution in [-0.2, 0) is 6.54 Å². The van der Waals surface area contributed by atoms with Crippen molar-refractivity contribution in [1.82, 2.24) is 19.5 Å². The maximum atomic E-state index is 14.7. The number of piperidine rings is 1. The van der Waals surface area contributed by atoms with E-state index in [1.165, 1.54) is 44.2 Å². The van der Waals surface area contributed by atoms with Crippen molar-refractivity contribution < 1.29 is 19.1 Å². The molecule has 0 bridgehead atoms. The molecule has 1 saturated heterocycles. The SMILES string of the molecule is CC(C)(O)C(F)CN1Cc2cc(NC(=O)c3cnn4cccnc34)c(N3CCC4CCCC4C3)cc2C1=O. The number of aliphatic hydroxyl groups is 1. The van der Waals surface area contributed by atoms with Crippen molar-refractivity contribution >= 4 is 28.8 Å². The number of halogens is 1. The second kappa shape index (κ2) is 9.34. The summed E-state index contributed by atoms with van der Waals surface area (Å²) in [6.45, 7) is 4.56. The van der Waals surface area contributed by atoms with Crippen LogP contribution in [0.1, 0.15) is 65.8 Å². The lowest BCUT2D eigenvalue weighted by Gasteiger charge is -2.37. The molecule has 3 aliphatic rings. The summed E-state index contributed by atoms with van der Waals surface area (Å²) >= 11 is 0. The fourth-order valence-corrected chi connectivity index (χ4v) is 6.16. The highest BCUT2D eigenvalue weighted by Gasteiger charge is 2.37. The van der Waals surface area contributed by atoms with E-state index >= 15 is 0 Å². The summed E-state index contributed by atoms with van der Waals surface area (Å²) in [5.74, 6) is 0.760. The average molecular weight is 521 g/mol. The topological polar surface area (TPSA) is 103 Å². The van der Waals surface area contributed by atoms with E-state index in [0.717, 1.165) is 36.7 Å². The fraction of sp³-hybridized carbons (Fsp3) is 0.500. The van der Waals surface area contributed by atoms with Gasteiger partial charge in [0.25, 0.3) is 11.8 Å². The van der Waals surface area contributed by atoms with Gasteiger partial charge >= 0.3 is 0 Å². The Morgan fingerprint density at radius 3 is 2.89 bits per heavy atom. The molecular formula is C28H33FN6O3. The first-order chi connectivity index (χ1) is 18.2. The van der Waals surface area contributed by atoms with Crippen LogP contribution in [0.25, 0.3) is 5.65 Å². The Morgan fingerprint density at radius 1 is 1.26 bits per heavy atom. The molecule has 38 heavy (non-hydrogen) atoms. The molecular weight excluding hydrogens is 487 g/mol. The summed E-state index contributed by atoms with van der Waals surface area (Å²) < 4.78 is 16.2. The van der Waals surface area contributed by atoms with Gasteiger partial charge in [-0.15, -0.1) is 0 Å². The van der Waals surface area contributed by atoms with Crippen molar-refractivity contribution in [3.05, 3.63) is 53.5 Å². The van der Waals surface area contributed by atoms with Gasteiger partial charge in [-0.25, -0.2) is 13.9 Å². The van der Waals surface area contributed by atoms with E-state index in [0.29, 0.717) is 28.4 Å². The second-order valence-electron chi connectivity index (χ2n) is 11.4. The highest BCUT2D eigenvalue weighted by molar-refractivity contribution is 6.10. The minimum atomic E-state index is -1.58. The molecule has 0 spiro atoms. The third-order valence-corrected chi connectivity index (χ3v) is 8.40. The van der Waals surface area contributed by atoms with Gasteiger partial charge in [0.2, 0.25) is 0 Å². The standard InChI is InChI=1S/C28H33FN6O3/c1-28(2,38)24(29)16-34-15-19-11-22(32-26(36)21-13-31-35-9-4-8-30-25(21)35)23(12-20(19)27(34)37)33-10-7-17-5-3-6-18(17)14-33/h4,8-9,11-13,17-18,24,38H,3,5-7,10,14-16H2,1-2H3,(H,32,36). The number of carbonyl (C=O) groups is 2. The highest BCUT2D eigenvalue weighted by atomic mass is 19.1. The van der Waals surface area contributed by atoms with Crippen molar-refractivity contribution in [2.24, 2.45) is 11.8 Å². The normalized spacial score (nSPS) is 22.1. The van der Waals surface area contributed by atoms with Gasteiger partial charge in [0.1, 0.15) is 11.7 Å². The maximum absolute atomic E-state index is 14.7. The molecule has 1 aliphatic carbocycles. The smallest absolute Gasteiger partial charge is 0.261 e. The Morgan fingerprint density at radius 2 is 2.08 bits per heavy atom. The predicted molar refractivity (Wildman–Crippen MR) is 141 cm³/mol. The summed E-state index contributed by atoms with van der Waals surface area (Å²) in [6.07, 6.45) is 8.07. The van der Waals surface area contributed by atoms with Gasteiger partial charge in [-0.05, 0) is 62.3 Å². The van der Waals surface area contributed by atoms with Gasteiger partial charge in [0, 0.05) is 37.6 Å². The van der Waals surface area contributed by atoms with Gasteiger partial charge in [-0.3, -0.25) is 9.59 Å². The summed E-state index contributed by atoms with van der Waals surface area (Å²) in [7, 11) is 0. The first-order valence-corrected chi connectivity index (χ1v) is 13.4. The molecule has 0 radical (unpaired) electrons. The van der Waals surface area contributed by atoms with Crippen LogP contribution in [0.4, 0.5) is 15.8 Å². The lowest BCUT2D eigenvalue weighted by Crippen LogP contribution is -2.42. The first-order valence-electron chi connectivity index (χ1n) is 13.4. The van der Waals surface area contributed by atoms with Gasteiger partial charge in [0.15, 0.2) is 5.65 Å². The number of nitrogens with zero attached hydrogens (tertiary/aromatic N) is 5. The molecule has 4 heterocycles. The van der Waals surface area contributed by atoms with Crippen LogP contribution < -0.4 is 10.2 Å². The molecule has 9 nitrogen and oxygen atoms in total. The van der Waals surface area contributed by atoms with Crippen LogP contribution in [0.15, 0.2) is 36.8 Å². The molecule has 3 unspecified atom stereocenters.